The Hall–Kier alpha value is -2.37. The van der Waals surface area contributed by atoms with Gasteiger partial charge in [-0.2, -0.15) is 0 Å². The van der Waals surface area contributed by atoms with Gasteiger partial charge in [-0.05, 0) is 30.4 Å². The molecule has 1 N–H and O–H groups in total. The monoisotopic (exact) mass is 342 g/mol. The highest BCUT2D eigenvalue weighted by molar-refractivity contribution is 5.97. The molecule has 132 valence electrons. The largest absolute Gasteiger partial charge is 0.448 e. The lowest BCUT2D eigenvalue weighted by molar-refractivity contribution is -0.154. The first kappa shape index (κ1) is 16.1. The second kappa shape index (κ2) is 5.86. The third-order valence-corrected chi connectivity index (χ3v) is 5.95. The van der Waals surface area contributed by atoms with E-state index in [0.717, 1.165) is 31.2 Å². The average molecular weight is 342 g/mol. The van der Waals surface area contributed by atoms with Crippen LogP contribution in [-0.4, -0.2) is 34.4 Å². The predicted molar refractivity (Wildman–Crippen MR) is 89.3 cm³/mol. The Balaban J connectivity index is 1.62. The number of amides is 2. The zero-order valence-electron chi connectivity index (χ0n) is 14.3. The summed E-state index contributed by atoms with van der Waals surface area (Å²) in [5, 5.41) is 1.49. The van der Waals surface area contributed by atoms with E-state index in [0.29, 0.717) is 18.4 Å². The third kappa shape index (κ3) is 2.51. The molecule has 1 saturated heterocycles. The standard InChI is InChI=1S/C19H22N2O4/c1-12-6-4-5-9-19(12)11-16(22)20-21(19)17(23)15-10-13-7-2-3-8-14(13)18(24)25-15/h2-3,7-8,12,15H,4-6,9-11H2,1H3,(H,20,22). The van der Waals surface area contributed by atoms with E-state index in [1.807, 2.05) is 12.1 Å². The Morgan fingerprint density at radius 3 is 2.88 bits per heavy atom. The molecule has 3 unspecified atom stereocenters. The summed E-state index contributed by atoms with van der Waals surface area (Å²) in [6.07, 6.45) is 3.70. The Kier molecular flexibility index (Phi) is 3.78. The summed E-state index contributed by atoms with van der Waals surface area (Å²) in [5.74, 6) is -0.695. The molecule has 4 rings (SSSR count). The molecule has 2 aliphatic heterocycles. The maximum atomic E-state index is 13.2. The summed E-state index contributed by atoms with van der Waals surface area (Å²) in [5.41, 5.74) is 3.57. The Morgan fingerprint density at radius 2 is 2.08 bits per heavy atom. The molecule has 1 spiro atoms. The topological polar surface area (TPSA) is 75.7 Å². The minimum absolute atomic E-state index is 0.135. The molecule has 0 aromatic heterocycles. The number of nitrogens with zero attached hydrogens (tertiary/aromatic N) is 1. The molecule has 3 atom stereocenters. The summed E-state index contributed by atoms with van der Waals surface area (Å²) >= 11 is 0. The van der Waals surface area contributed by atoms with Crippen LogP contribution in [0.5, 0.6) is 0 Å². The number of hydrazine groups is 1. The molecule has 2 fully saturated rings. The zero-order chi connectivity index (χ0) is 17.6. The number of rotatable bonds is 1. The second-order valence-electron chi connectivity index (χ2n) is 7.39. The predicted octanol–water partition coefficient (Wildman–Crippen LogP) is 1.98. The van der Waals surface area contributed by atoms with Crippen LogP contribution in [0.2, 0.25) is 0 Å². The minimum Gasteiger partial charge on any atom is -0.448 e. The smallest absolute Gasteiger partial charge is 0.339 e. The molecule has 6 heteroatoms. The molecular formula is C19H22N2O4. The Labute approximate surface area is 146 Å². The summed E-state index contributed by atoms with van der Waals surface area (Å²) in [4.78, 5) is 37.5. The van der Waals surface area contributed by atoms with Crippen LogP contribution in [0, 0.1) is 5.92 Å². The molecule has 3 aliphatic rings. The fraction of sp³-hybridized carbons (Fsp3) is 0.526. The molecule has 1 aromatic rings. The normalized spacial score (nSPS) is 31.5. The van der Waals surface area contributed by atoms with Gasteiger partial charge in [-0.1, -0.05) is 38.0 Å². The van der Waals surface area contributed by atoms with Gasteiger partial charge in [0.1, 0.15) is 0 Å². The van der Waals surface area contributed by atoms with E-state index in [2.05, 4.69) is 12.3 Å². The molecule has 1 saturated carbocycles. The van der Waals surface area contributed by atoms with Crippen LogP contribution in [0.1, 0.15) is 54.9 Å². The summed E-state index contributed by atoms with van der Waals surface area (Å²) in [6.45, 7) is 2.10. The Bertz CT molecular complexity index is 747. The molecule has 25 heavy (non-hydrogen) atoms. The van der Waals surface area contributed by atoms with Gasteiger partial charge in [0.15, 0.2) is 6.10 Å². The number of esters is 1. The van der Waals surface area contributed by atoms with Crippen molar-refractivity contribution in [2.24, 2.45) is 5.92 Å². The number of fused-ring (bicyclic) bond motifs is 1. The highest BCUT2D eigenvalue weighted by atomic mass is 16.5. The molecule has 1 aliphatic carbocycles. The highest BCUT2D eigenvalue weighted by Gasteiger charge is 2.54. The van der Waals surface area contributed by atoms with Crippen LogP contribution >= 0.6 is 0 Å². The molecular weight excluding hydrogens is 320 g/mol. The number of hydrogen-bond acceptors (Lipinski definition) is 4. The summed E-state index contributed by atoms with van der Waals surface area (Å²) in [7, 11) is 0. The number of carbonyl (C=O) groups is 3. The number of ether oxygens (including phenoxy) is 1. The van der Waals surface area contributed by atoms with Gasteiger partial charge in [0.05, 0.1) is 17.5 Å². The zero-order valence-corrected chi connectivity index (χ0v) is 14.3. The van der Waals surface area contributed by atoms with Crippen LogP contribution in [0.15, 0.2) is 24.3 Å². The van der Waals surface area contributed by atoms with E-state index >= 15 is 0 Å². The van der Waals surface area contributed by atoms with Gasteiger partial charge in [0.25, 0.3) is 5.91 Å². The van der Waals surface area contributed by atoms with E-state index < -0.39 is 17.6 Å². The van der Waals surface area contributed by atoms with Gasteiger partial charge in [-0.25, -0.2) is 9.80 Å². The van der Waals surface area contributed by atoms with Crippen LogP contribution in [0.4, 0.5) is 0 Å². The first-order chi connectivity index (χ1) is 12.0. The molecule has 2 heterocycles. The van der Waals surface area contributed by atoms with Crippen molar-refractivity contribution in [3.8, 4) is 0 Å². The van der Waals surface area contributed by atoms with Crippen molar-refractivity contribution < 1.29 is 19.1 Å². The maximum Gasteiger partial charge on any atom is 0.339 e. The maximum absolute atomic E-state index is 13.2. The van der Waals surface area contributed by atoms with Gasteiger partial charge in [-0.3, -0.25) is 15.0 Å². The number of nitrogens with one attached hydrogen (secondary N) is 1. The van der Waals surface area contributed by atoms with Crippen LogP contribution in [0.3, 0.4) is 0 Å². The van der Waals surface area contributed by atoms with Gasteiger partial charge in [0, 0.05) is 6.42 Å². The lowest BCUT2D eigenvalue weighted by Gasteiger charge is -2.45. The minimum atomic E-state index is -0.883. The van der Waals surface area contributed by atoms with E-state index in [1.54, 1.807) is 12.1 Å². The fourth-order valence-electron chi connectivity index (χ4n) is 4.51. The van der Waals surface area contributed by atoms with Crippen molar-refractivity contribution in [3.63, 3.8) is 0 Å². The lowest BCUT2D eigenvalue weighted by atomic mass is 9.71. The van der Waals surface area contributed by atoms with Crippen molar-refractivity contribution in [2.75, 3.05) is 0 Å². The van der Waals surface area contributed by atoms with E-state index in [4.69, 9.17) is 4.74 Å². The molecule has 1 aromatic carbocycles. The number of benzene rings is 1. The number of cyclic esters (lactones) is 1. The average Bonchev–Trinajstić information content (AvgIpc) is 2.94. The van der Waals surface area contributed by atoms with E-state index in [1.165, 1.54) is 5.01 Å². The van der Waals surface area contributed by atoms with E-state index in [9.17, 15) is 14.4 Å². The molecule has 0 radical (unpaired) electrons. The van der Waals surface area contributed by atoms with Crippen LogP contribution in [-0.2, 0) is 20.7 Å². The second-order valence-corrected chi connectivity index (χ2v) is 7.39. The third-order valence-electron chi connectivity index (χ3n) is 5.95. The Morgan fingerprint density at radius 1 is 1.28 bits per heavy atom. The summed E-state index contributed by atoms with van der Waals surface area (Å²) in [6, 6.07) is 7.18. The lowest BCUT2D eigenvalue weighted by Crippen LogP contribution is -2.60. The van der Waals surface area contributed by atoms with Gasteiger partial charge in [0.2, 0.25) is 5.91 Å². The van der Waals surface area contributed by atoms with Crippen molar-refractivity contribution in [1.29, 1.82) is 0 Å². The van der Waals surface area contributed by atoms with Crippen molar-refractivity contribution >= 4 is 17.8 Å². The van der Waals surface area contributed by atoms with Crippen molar-refractivity contribution in [3.05, 3.63) is 35.4 Å². The van der Waals surface area contributed by atoms with Gasteiger partial charge in [-0.15, -0.1) is 0 Å². The number of hydrogen-bond donors (Lipinski definition) is 1. The first-order valence-corrected chi connectivity index (χ1v) is 8.94. The SMILES string of the molecule is CC1CCCCC12CC(=O)NN2C(=O)C1Cc2ccccc2C(=O)O1. The number of carbonyl (C=O) groups excluding carboxylic acids is 3. The van der Waals surface area contributed by atoms with Gasteiger partial charge < -0.3 is 4.74 Å². The van der Waals surface area contributed by atoms with Gasteiger partial charge >= 0.3 is 5.97 Å². The van der Waals surface area contributed by atoms with Crippen molar-refractivity contribution in [2.45, 2.75) is 57.1 Å². The fourth-order valence-corrected chi connectivity index (χ4v) is 4.51. The molecule has 0 bridgehead atoms. The van der Waals surface area contributed by atoms with Crippen molar-refractivity contribution in [1.82, 2.24) is 10.4 Å². The molecule has 2 amide bonds. The van der Waals surface area contributed by atoms with E-state index in [-0.39, 0.29) is 17.7 Å². The summed E-state index contributed by atoms with van der Waals surface area (Å²) < 4.78 is 5.41. The molecule has 6 nitrogen and oxygen atoms in total. The first-order valence-electron chi connectivity index (χ1n) is 8.94. The quantitative estimate of drug-likeness (QED) is 0.792. The highest BCUT2D eigenvalue weighted by Crippen LogP contribution is 2.43. The van der Waals surface area contributed by atoms with Crippen LogP contribution in [0.25, 0.3) is 0 Å². The van der Waals surface area contributed by atoms with Crippen LogP contribution < -0.4 is 5.43 Å².